The summed E-state index contributed by atoms with van der Waals surface area (Å²) in [5.41, 5.74) is 0.425. The molecule has 4 nitrogen and oxygen atoms in total. The Morgan fingerprint density at radius 3 is 2.67 bits per heavy atom. The van der Waals surface area contributed by atoms with Gasteiger partial charge >= 0.3 is 0 Å². The molecule has 1 aromatic rings. The molecular formula is C19H25FN2O2. The Kier molecular flexibility index (Phi) is 5.17. The fourth-order valence-electron chi connectivity index (χ4n) is 4.04. The van der Waals surface area contributed by atoms with E-state index in [9.17, 15) is 14.0 Å². The van der Waals surface area contributed by atoms with Gasteiger partial charge in [0.15, 0.2) is 0 Å². The second-order valence-corrected chi connectivity index (χ2v) is 7.01. The molecular weight excluding hydrogens is 307 g/mol. The molecule has 3 rings (SSSR count). The van der Waals surface area contributed by atoms with Crippen LogP contribution in [-0.2, 0) is 9.59 Å². The summed E-state index contributed by atoms with van der Waals surface area (Å²) in [6.07, 6.45) is 5.61. The van der Waals surface area contributed by atoms with Crippen molar-refractivity contribution in [3.63, 3.8) is 0 Å². The molecule has 1 aliphatic heterocycles. The summed E-state index contributed by atoms with van der Waals surface area (Å²) in [5, 5.41) is 3.05. The Morgan fingerprint density at radius 1 is 1.25 bits per heavy atom. The van der Waals surface area contributed by atoms with E-state index in [0.717, 1.165) is 0 Å². The van der Waals surface area contributed by atoms with Crippen molar-refractivity contribution in [3.8, 4) is 0 Å². The van der Waals surface area contributed by atoms with Crippen molar-refractivity contribution in [1.29, 1.82) is 0 Å². The van der Waals surface area contributed by atoms with Gasteiger partial charge in [0.25, 0.3) is 0 Å². The second-order valence-electron chi connectivity index (χ2n) is 7.01. The highest BCUT2D eigenvalue weighted by atomic mass is 19.1. The van der Waals surface area contributed by atoms with Crippen LogP contribution in [0.5, 0.6) is 0 Å². The maximum absolute atomic E-state index is 14.3. The minimum absolute atomic E-state index is 0.0388. The first-order valence-electron chi connectivity index (χ1n) is 8.85. The normalized spacial score (nSPS) is 25.1. The number of likely N-dealkylation sites (tertiary alicyclic amines) is 1. The van der Waals surface area contributed by atoms with Gasteiger partial charge in [-0.1, -0.05) is 31.0 Å². The zero-order valence-corrected chi connectivity index (χ0v) is 14.1. The van der Waals surface area contributed by atoms with Gasteiger partial charge < -0.3 is 10.2 Å². The van der Waals surface area contributed by atoms with E-state index < -0.39 is 12.0 Å². The van der Waals surface area contributed by atoms with Gasteiger partial charge in [-0.05, 0) is 31.2 Å². The van der Waals surface area contributed by atoms with E-state index in [1.165, 1.54) is 36.6 Å². The third-order valence-corrected chi connectivity index (χ3v) is 5.46. The van der Waals surface area contributed by atoms with Crippen LogP contribution in [0, 0.1) is 17.7 Å². The van der Waals surface area contributed by atoms with Gasteiger partial charge in [-0.2, -0.15) is 0 Å². The number of amides is 2. The third-order valence-electron chi connectivity index (χ3n) is 5.46. The molecule has 2 aliphatic rings. The van der Waals surface area contributed by atoms with Crippen LogP contribution in [0.4, 0.5) is 4.39 Å². The summed E-state index contributed by atoms with van der Waals surface area (Å²) in [4.78, 5) is 26.4. The highest BCUT2D eigenvalue weighted by Crippen LogP contribution is 2.37. The first-order valence-corrected chi connectivity index (χ1v) is 8.85. The monoisotopic (exact) mass is 332 g/mol. The molecule has 1 aliphatic carbocycles. The van der Waals surface area contributed by atoms with Crippen molar-refractivity contribution in [2.75, 3.05) is 13.6 Å². The van der Waals surface area contributed by atoms with Gasteiger partial charge in [0.1, 0.15) is 5.82 Å². The maximum atomic E-state index is 14.3. The number of hydrogen-bond acceptors (Lipinski definition) is 2. The molecule has 1 saturated heterocycles. The molecule has 130 valence electrons. The number of hydrogen-bond donors (Lipinski definition) is 1. The number of nitrogens with zero attached hydrogens (tertiary/aromatic N) is 1. The largest absolute Gasteiger partial charge is 0.356 e. The average molecular weight is 332 g/mol. The molecule has 0 bridgehead atoms. The molecule has 2 fully saturated rings. The first kappa shape index (κ1) is 16.9. The highest BCUT2D eigenvalue weighted by molar-refractivity contribution is 5.84. The molecule has 1 N–H and O–H groups in total. The summed E-state index contributed by atoms with van der Waals surface area (Å²) in [6.45, 7) is 0.691. The predicted molar refractivity (Wildman–Crippen MR) is 89.6 cm³/mol. The molecule has 0 unspecified atom stereocenters. The van der Waals surface area contributed by atoms with Crippen LogP contribution in [0.3, 0.4) is 0 Å². The lowest BCUT2D eigenvalue weighted by Gasteiger charge is -2.38. The number of benzene rings is 1. The average Bonchev–Trinajstić information content (AvgIpc) is 3.09. The lowest BCUT2D eigenvalue weighted by atomic mass is 9.83. The number of nitrogens with one attached hydrogen (secondary N) is 1. The summed E-state index contributed by atoms with van der Waals surface area (Å²) in [5.74, 6) is -0.301. The predicted octanol–water partition coefficient (Wildman–Crippen LogP) is 3.04. The quantitative estimate of drug-likeness (QED) is 0.921. The van der Waals surface area contributed by atoms with E-state index in [2.05, 4.69) is 5.32 Å². The highest BCUT2D eigenvalue weighted by Gasteiger charge is 2.40. The van der Waals surface area contributed by atoms with Crippen LogP contribution in [-0.4, -0.2) is 30.3 Å². The van der Waals surface area contributed by atoms with E-state index in [1.807, 2.05) is 0 Å². The summed E-state index contributed by atoms with van der Waals surface area (Å²) in [6, 6.07) is 5.90. The van der Waals surface area contributed by atoms with E-state index in [-0.39, 0.29) is 17.6 Å². The second kappa shape index (κ2) is 7.32. The standard InChI is InChI=1S/C19H25FN2O2/c1-22-17(23)11-10-15(18(22)14-8-4-5-9-16(14)20)19(24)21-12-13-6-2-3-7-13/h4-5,8-9,13,15,18H,2-3,6-7,10-12H2,1H3,(H,21,24)/t15-,18-/m0/s1. The lowest BCUT2D eigenvalue weighted by Crippen LogP contribution is -2.47. The smallest absolute Gasteiger partial charge is 0.225 e. The zero-order chi connectivity index (χ0) is 17.1. The van der Waals surface area contributed by atoms with Gasteiger partial charge in [-0.3, -0.25) is 9.59 Å². The van der Waals surface area contributed by atoms with Crippen molar-refractivity contribution in [3.05, 3.63) is 35.6 Å². The Labute approximate surface area is 142 Å². The van der Waals surface area contributed by atoms with E-state index >= 15 is 0 Å². The number of carbonyl (C=O) groups is 2. The number of carbonyl (C=O) groups excluding carboxylic acids is 2. The van der Waals surface area contributed by atoms with Crippen molar-refractivity contribution in [2.45, 2.75) is 44.6 Å². The van der Waals surface area contributed by atoms with Crippen LogP contribution >= 0.6 is 0 Å². The van der Waals surface area contributed by atoms with Gasteiger partial charge in [-0.25, -0.2) is 4.39 Å². The number of piperidine rings is 1. The van der Waals surface area contributed by atoms with Gasteiger partial charge in [0.2, 0.25) is 11.8 Å². The molecule has 0 radical (unpaired) electrons. The third kappa shape index (κ3) is 3.45. The summed E-state index contributed by atoms with van der Waals surface area (Å²) in [7, 11) is 1.66. The van der Waals surface area contributed by atoms with Gasteiger partial charge in [0, 0.05) is 25.6 Å². The maximum Gasteiger partial charge on any atom is 0.225 e. The van der Waals surface area contributed by atoms with Gasteiger partial charge in [0.05, 0.1) is 12.0 Å². The molecule has 1 heterocycles. The summed E-state index contributed by atoms with van der Waals surface area (Å²) >= 11 is 0. The van der Waals surface area contributed by atoms with Crippen molar-refractivity contribution in [1.82, 2.24) is 10.2 Å². The molecule has 0 spiro atoms. The Hall–Kier alpha value is -1.91. The molecule has 5 heteroatoms. The van der Waals surface area contributed by atoms with Crippen LogP contribution in [0.15, 0.2) is 24.3 Å². The van der Waals surface area contributed by atoms with Crippen LogP contribution < -0.4 is 5.32 Å². The zero-order valence-electron chi connectivity index (χ0n) is 14.1. The molecule has 1 saturated carbocycles. The van der Waals surface area contributed by atoms with E-state index in [4.69, 9.17) is 0 Å². The van der Waals surface area contributed by atoms with Crippen LogP contribution in [0.2, 0.25) is 0 Å². The number of rotatable bonds is 4. The lowest BCUT2D eigenvalue weighted by molar-refractivity contribution is -0.141. The molecule has 2 atom stereocenters. The topological polar surface area (TPSA) is 49.4 Å². The van der Waals surface area contributed by atoms with Crippen LogP contribution in [0.1, 0.15) is 50.1 Å². The fraction of sp³-hybridized carbons (Fsp3) is 0.579. The molecule has 2 amide bonds. The van der Waals surface area contributed by atoms with Crippen LogP contribution in [0.25, 0.3) is 0 Å². The molecule has 0 aromatic heterocycles. The Morgan fingerprint density at radius 2 is 1.96 bits per heavy atom. The fourth-order valence-corrected chi connectivity index (χ4v) is 4.04. The first-order chi connectivity index (χ1) is 11.6. The molecule has 24 heavy (non-hydrogen) atoms. The SMILES string of the molecule is CN1C(=O)CC[C@H](C(=O)NCC2CCCC2)[C@@H]1c1ccccc1F. The Balaban J connectivity index is 1.77. The van der Waals surface area contributed by atoms with Gasteiger partial charge in [-0.15, -0.1) is 0 Å². The number of halogens is 1. The minimum Gasteiger partial charge on any atom is -0.356 e. The molecule has 1 aromatic carbocycles. The van der Waals surface area contributed by atoms with Crippen molar-refractivity contribution < 1.29 is 14.0 Å². The van der Waals surface area contributed by atoms with E-state index in [1.54, 1.807) is 25.2 Å². The van der Waals surface area contributed by atoms with Crippen molar-refractivity contribution in [2.24, 2.45) is 11.8 Å². The van der Waals surface area contributed by atoms with E-state index in [0.29, 0.717) is 30.9 Å². The Bertz CT molecular complexity index is 613. The van der Waals surface area contributed by atoms with Crippen molar-refractivity contribution >= 4 is 11.8 Å². The summed E-state index contributed by atoms with van der Waals surface area (Å²) < 4.78 is 14.3. The minimum atomic E-state index is -0.531.